The highest BCUT2D eigenvalue weighted by Gasteiger charge is 2.34. The number of nitrogens with zero attached hydrogens (tertiary/aromatic N) is 3. The number of carbonyl (C=O) groups is 1. The Hall–Kier alpha value is -1.92. The number of rotatable bonds is 6. The fourth-order valence-electron chi connectivity index (χ4n) is 2.93. The van der Waals surface area contributed by atoms with Gasteiger partial charge in [0.05, 0.1) is 10.7 Å². The minimum absolute atomic E-state index is 0.00846. The molecule has 7 heteroatoms. The van der Waals surface area contributed by atoms with E-state index >= 15 is 0 Å². The third-order valence-electron chi connectivity index (χ3n) is 4.62. The van der Waals surface area contributed by atoms with Gasteiger partial charge in [-0.2, -0.15) is 0 Å². The predicted octanol–water partition coefficient (Wildman–Crippen LogP) is 2.27. The molecule has 24 heavy (non-hydrogen) atoms. The fraction of sp³-hybridized carbons (Fsp3) is 0.471. The van der Waals surface area contributed by atoms with E-state index in [0.29, 0.717) is 23.4 Å². The summed E-state index contributed by atoms with van der Waals surface area (Å²) in [6, 6.07) is 7.48. The van der Waals surface area contributed by atoms with Gasteiger partial charge in [0.25, 0.3) is 5.91 Å². The number of benzene rings is 1. The van der Waals surface area contributed by atoms with Crippen LogP contribution in [-0.2, 0) is 0 Å². The lowest BCUT2D eigenvalue weighted by molar-refractivity contribution is 0.0923. The van der Waals surface area contributed by atoms with E-state index in [-0.39, 0.29) is 17.8 Å². The Labute approximate surface area is 145 Å². The van der Waals surface area contributed by atoms with E-state index in [0.717, 1.165) is 37.2 Å². The van der Waals surface area contributed by atoms with Gasteiger partial charge in [-0.25, -0.2) is 9.67 Å². The summed E-state index contributed by atoms with van der Waals surface area (Å²) < 4.78 is 1.71. The smallest absolute Gasteiger partial charge is 0.291 e. The van der Waals surface area contributed by atoms with Crippen LogP contribution in [0.4, 0.5) is 0 Å². The lowest BCUT2D eigenvalue weighted by atomic mass is 10.2. The molecule has 0 saturated heterocycles. The molecule has 1 unspecified atom stereocenters. The minimum Gasteiger partial charge on any atom is -0.345 e. The van der Waals surface area contributed by atoms with Gasteiger partial charge >= 0.3 is 0 Å². The van der Waals surface area contributed by atoms with E-state index in [2.05, 4.69) is 15.4 Å². The van der Waals surface area contributed by atoms with Crippen molar-refractivity contribution in [3.8, 4) is 5.69 Å². The van der Waals surface area contributed by atoms with Crippen LogP contribution in [0.3, 0.4) is 0 Å². The maximum absolute atomic E-state index is 12.5. The third kappa shape index (κ3) is 3.03. The average molecular weight is 346 g/mol. The molecule has 0 radical (unpaired) electrons. The zero-order valence-corrected chi connectivity index (χ0v) is 14.0. The molecule has 2 saturated carbocycles. The number of carbonyl (C=O) groups excluding carboxylic acids is 1. The number of nitrogens with one attached hydrogen (secondary N) is 1. The highest BCUT2D eigenvalue weighted by atomic mass is 35.5. The van der Waals surface area contributed by atoms with E-state index in [1.54, 1.807) is 4.68 Å². The first-order valence-electron chi connectivity index (χ1n) is 8.40. The lowest BCUT2D eigenvalue weighted by Gasteiger charge is -2.14. The van der Waals surface area contributed by atoms with Crippen molar-refractivity contribution in [2.75, 3.05) is 6.54 Å². The molecule has 2 aromatic rings. The van der Waals surface area contributed by atoms with Crippen molar-refractivity contribution in [1.82, 2.24) is 20.1 Å². The van der Waals surface area contributed by atoms with Gasteiger partial charge in [-0.3, -0.25) is 4.79 Å². The molecule has 0 spiro atoms. The molecule has 1 aromatic carbocycles. The summed E-state index contributed by atoms with van der Waals surface area (Å²) in [4.78, 5) is 17.0. The average Bonchev–Trinajstić information content (AvgIpc) is 3.51. The van der Waals surface area contributed by atoms with E-state index < -0.39 is 0 Å². The normalized spacial score (nSPS) is 18.4. The summed E-state index contributed by atoms with van der Waals surface area (Å²) in [5, 5.41) is 8.01. The van der Waals surface area contributed by atoms with Crippen molar-refractivity contribution < 1.29 is 4.79 Å². The summed E-state index contributed by atoms with van der Waals surface area (Å²) in [7, 11) is 0. The van der Waals surface area contributed by atoms with Crippen LogP contribution in [0.5, 0.6) is 0 Å². The van der Waals surface area contributed by atoms with Gasteiger partial charge < -0.3 is 11.1 Å². The fourth-order valence-corrected chi connectivity index (χ4v) is 3.14. The second-order valence-corrected chi connectivity index (χ2v) is 6.99. The number of amides is 1. The van der Waals surface area contributed by atoms with Gasteiger partial charge in [0, 0.05) is 18.5 Å². The van der Waals surface area contributed by atoms with Crippen LogP contribution < -0.4 is 11.1 Å². The molecular weight excluding hydrogens is 326 g/mol. The van der Waals surface area contributed by atoms with Gasteiger partial charge in [-0.1, -0.05) is 23.7 Å². The maximum atomic E-state index is 12.5. The Balaban J connectivity index is 1.64. The topological polar surface area (TPSA) is 85.8 Å². The molecule has 6 nitrogen and oxygen atoms in total. The van der Waals surface area contributed by atoms with Crippen LogP contribution in [0.25, 0.3) is 5.69 Å². The van der Waals surface area contributed by atoms with Crippen molar-refractivity contribution in [3.05, 3.63) is 40.9 Å². The highest BCUT2D eigenvalue weighted by Crippen LogP contribution is 2.40. The second-order valence-electron chi connectivity index (χ2n) is 6.58. The van der Waals surface area contributed by atoms with Gasteiger partial charge in [0.1, 0.15) is 5.82 Å². The van der Waals surface area contributed by atoms with Crippen LogP contribution in [0, 0.1) is 5.92 Å². The molecule has 0 aliphatic heterocycles. The Bertz CT molecular complexity index is 766. The molecule has 1 aromatic heterocycles. The second kappa shape index (κ2) is 6.18. The van der Waals surface area contributed by atoms with Crippen molar-refractivity contribution in [2.24, 2.45) is 11.7 Å². The standard InChI is InChI=1S/C17H20ClN5O/c18-12-3-1-2-4-14(12)23-16(11-7-8-11)21-15(22-23)17(24)20-13(9-19)10-5-6-10/h1-4,10-11,13H,5-9,19H2,(H,20,24). The quantitative estimate of drug-likeness (QED) is 0.840. The summed E-state index contributed by atoms with van der Waals surface area (Å²) in [5.41, 5.74) is 6.52. The first-order chi connectivity index (χ1) is 11.7. The van der Waals surface area contributed by atoms with Crippen molar-refractivity contribution >= 4 is 17.5 Å². The highest BCUT2D eigenvalue weighted by molar-refractivity contribution is 6.32. The number of para-hydroxylation sites is 1. The monoisotopic (exact) mass is 345 g/mol. The molecule has 1 amide bonds. The SMILES string of the molecule is NCC(NC(=O)c1nc(C2CC2)n(-c2ccccc2Cl)n1)C1CC1. The minimum atomic E-state index is -0.259. The molecule has 1 heterocycles. The van der Waals surface area contributed by atoms with Gasteiger partial charge in [-0.15, -0.1) is 5.10 Å². The lowest BCUT2D eigenvalue weighted by Crippen LogP contribution is -2.42. The maximum Gasteiger partial charge on any atom is 0.291 e. The molecular formula is C17H20ClN5O. The zero-order chi connectivity index (χ0) is 16.7. The third-order valence-corrected chi connectivity index (χ3v) is 4.94. The number of halogens is 1. The number of hydrogen-bond donors (Lipinski definition) is 2. The van der Waals surface area contributed by atoms with E-state index in [1.807, 2.05) is 24.3 Å². The number of nitrogens with two attached hydrogens (primary N) is 1. The largest absolute Gasteiger partial charge is 0.345 e. The first-order valence-corrected chi connectivity index (χ1v) is 8.78. The molecule has 1 atom stereocenters. The van der Waals surface area contributed by atoms with Crippen LogP contribution >= 0.6 is 11.6 Å². The molecule has 4 rings (SSSR count). The van der Waals surface area contributed by atoms with Crippen LogP contribution in [0.2, 0.25) is 5.02 Å². The Morgan fingerprint density at radius 1 is 1.33 bits per heavy atom. The predicted molar refractivity (Wildman–Crippen MR) is 91.4 cm³/mol. The van der Waals surface area contributed by atoms with Gasteiger partial charge in [-0.05, 0) is 43.7 Å². The molecule has 2 aliphatic carbocycles. The summed E-state index contributed by atoms with van der Waals surface area (Å²) in [6.45, 7) is 0.442. The number of hydrogen-bond acceptors (Lipinski definition) is 4. The number of aromatic nitrogens is 3. The summed E-state index contributed by atoms with van der Waals surface area (Å²) >= 11 is 6.30. The van der Waals surface area contributed by atoms with E-state index in [4.69, 9.17) is 17.3 Å². The summed E-state index contributed by atoms with van der Waals surface area (Å²) in [6.07, 6.45) is 4.38. The summed E-state index contributed by atoms with van der Waals surface area (Å²) in [5.74, 6) is 1.58. The van der Waals surface area contributed by atoms with E-state index in [1.165, 1.54) is 0 Å². The zero-order valence-electron chi connectivity index (χ0n) is 13.3. The van der Waals surface area contributed by atoms with E-state index in [9.17, 15) is 4.79 Å². The first kappa shape index (κ1) is 15.6. The molecule has 126 valence electrons. The molecule has 2 fully saturated rings. The molecule has 2 aliphatic rings. The Kier molecular flexibility index (Phi) is 4.02. The Morgan fingerprint density at radius 3 is 2.71 bits per heavy atom. The molecule has 0 bridgehead atoms. The van der Waals surface area contributed by atoms with Crippen molar-refractivity contribution in [2.45, 2.75) is 37.6 Å². The van der Waals surface area contributed by atoms with Crippen molar-refractivity contribution in [1.29, 1.82) is 0 Å². The van der Waals surface area contributed by atoms with Gasteiger partial charge in [0.2, 0.25) is 5.82 Å². The van der Waals surface area contributed by atoms with Crippen molar-refractivity contribution in [3.63, 3.8) is 0 Å². The Morgan fingerprint density at radius 2 is 2.08 bits per heavy atom. The van der Waals surface area contributed by atoms with Gasteiger partial charge in [0.15, 0.2) is 0 Å². The van der Waals surface area contributed by atoms with Crippen LogP contribution in [0.15, 0.2) is 24.3 Å². The van der Waals surface area contributed by atoms with Crippen LogP contribution in [-0.4, -0.2) is 33.3 Å². The van der Waals surface area contributed by atoms with Crippen LogP contribution in [0.1, 0.15) is 48.0 Å². The molecule has 3 N–H and O–H groups in total.